The van der Waals surface area contributed by atoms with Gasteiger partial charge in [-0.2, -0.15) is 5.10 Å². The lowest BCUT2D eigenvalue weighted by Gasteiger charge is -2.04. The predicted molar refractivity (Wildman–Crippen MR) is 66.5 cm³/mol. The number of nitrogens with zero attached hydrogens (tertiary/aromatic N) is 2. The van der Waals surface area contributed by atoms with Crippen molar-refractivity contribution in [3.05, 3.63) is 44.4 Å². The summed E-state index contributed by atoms with van der Waals surface area (Å²) in [5, 5.41) is 6.45. The van der Waals surface area contributed by atoms with E-state index in [0.29, 0.717) is 11.4 Å². The molecule has 1 amide bonds. The second kappa shape index (κ2) is 4.80. The van der Waals surface area contributed by atoms with Crippen LogP contribution in [0.25, 0.3) is 0 Å². The minimum absolute atomic E-state index is 0.115. The molecule has 0 fully saturated rings. The summed E-state index contributed by atoms with van der Waals surface area (Å²) in [6, 6.07) is 1.00. The number of amides is 1. The summed E-state index contributed by atoms with van der Waals surface area (Å²) in [6.07, 6.45) is 1.52. The maximum Gasteiger partial charge on any atom is 0.326 e. The number of aryl methyl sites for hydroxylation is 1. The molecule has 0 aliphatic heterocycles. The topological polar surface area (TPSA) is 139 Å². The van der Waals surface area contributed by atoms with E-state index in [1.165, 1.54) is 10.9 Å². The first-order chi connectivity index (χ1) is 8.97. The quantitative estimate of drug-likeness (QED) is 0.524. The van der Waals surface area contributed by atoms with Crippen molar-refractivity contribution in [3.63, 3.8) is 0 Å². The highest BCUT2D eigenvalue weighted by Crippen LogP contribution is 2.08. The van der Waals surface area contributed by atoms with Gasteiger partial charge < -0.3 is 16.0 Å². The monoisotopic (exact) mass is 264 g/mol. The molecule has 0 bridgehead atoms. The van der Waals surface area contributed by atoms with E-state index in [2.05, 4.69) is 15.4 Å². The van der Waals surface area contributed by atoms with Crippen LogP contribution in [-0.4, -0.2) is 25.7 Å². The number of rotatable bonds is 3. The number of nitrogens with one attached hydrogen (secondary N) is 3. The molecule has 0 aliphatic carbocycles. The van der Waals surface area contributed by atoms with Crippen molar-refractivity contribution in [2.75, 3.05) is 5.73 Å². The molecule has 0 unspecified atom stereocenters. The highest BCUT2D eigenvalue weighted by molar-refractivity contribution is 5.92. The summed E-state index contributed by atoms with van der Waals surface area (Å²) >= 11 is 0. The maximum atomic E-state index is 11.7. The maximum absolute atomic E-state index is 11.7. The Balaban J connectivity index is 2.11. The molecule has 0 atom stereocenters. The molecule has 0 aliphatic rings. The molecule has 0 aromatic carbocycles. The van der Waals surface area contributed by atoms with Crippen molar-refractivity contribution in [3.8, 4) is 0 Å². The van der Waals surface area contributed by atoms with Crippen LogP contribution in [0.2, 0.25) is 0 Å². The molecule has 19 heavy (non-hydrogen) atoms. The normalized spacial score (nSPS) is 10.4. The summed E-state index contributed by atoms with van der Waals surface area (Å²) in [6.45, 7) is 0.146. The average Bonchev–Trinajstić information content (AvgIpc) is 2.66. The fourth-order valence-corrected chi connectivity index (χ4v) is 1.49. The van der Waals surface area contributed by atoms with Crippen LogP contribution < -0.4 is 22.3 Å². The van der Waals surface area contributed by atoms with Crippen LogP contribution in [0.5, 0.6) is 0 Å². The number of carbonyl (C=O) groups excluding carboxylic acids is 1. The van der Waals surface area contributed by atoms with Gasteiger partial charge in [0.05, 0.1) is 6.20 Å². The van der Waals surface area contributed by atoms with Crippen molar-refractivity contribution in [2.24, 2.45) is 7.05 Å². The number of H-pyrrole nitrogens is 2. The van der Waals surface area contributed by atoms with Gasteiger partial charge in [-0.05, 0) is 0 Å². The van der Waals surface area contributed by atoms with E-state index in [1.54, 1.807) is 7.05 Å². The van der Waals surface area contributed by atoms with Crippen molar-refractivity contribution in [1.82, 2.24) is 25.1 Å². The third kappa shape index (κ3) is 2.70. The zero-order valence-corrected chi connectivity index (χ0v) is 10.1. The van der Waals surface area contributed by atoms with Crippen LogP contribution >= 0.6 is 0 Å². The molecule has 0 saturated carbocycles. The van der Waals surface area contributed by atoms with Crippen LogP contribution in [-0.2, 0) is 13.6 Å². The van der Waals surface area contributed by atoms with Gasteiger partial charge in [0.1, 0.15) is 11.5 Å². The van der Waals surface area contributed by atoms with Crippen LogP contribution in [0.3, 0.4) is 0 Å². The summed E-state index contributed by atoms with van der Waals surface area (Å²) in [5.41, 5.74) is 4.86. The minimum atomic E-state index is -0.737. The number of hydrogen-bond donors (Lipinski definition) is 4. The van der Waals surface area contributed by atoms with Gasteiger partial charge in [0, 0.05) is 25.2 Å². The number of anilines is 1. The van der Waals surface area contributed by atoms with E-state index >= 15 is 0 Å². The molecule has 0 saturated heterocycles. The van der Waals surface area contributed by atoms with E-state index in [-0.39, 0.29) is 12.2 Å². The highest BCUT2D eigenvalue weighted by Gasteiger charge is 2.10. The SMILES string of the molecule is Cn1ncc(CNC(=O)c2cc(=O)[nH]c(=O)[nH]2)c1N. The molecule has 100 valence electrons. The molecule has 5 N–H and O–H groups in total. The van der Waals surface area contributed by atoms with Gasteiger partial charge in [-0.3, -0.25) is 19.3 Å². The lowest BCUT2D eigenvalue weighted by molar-refractivity contribution is 0.0945. The second-order valence-corrected chi connectivity index (χ2v) is 3.86. The molecule has 2 heterocycles. The molecule has 9 nitrogen and oxygen atoms in total. The Kier molecular flexibility index (Phi) is 3.19. The largest absolute Gasteiger partial charge is 0.384 e. The first kappa shape index (κ1) is 12.6. The standard InChI is InChI=1S/C10H12N6O3/c1-16-8(11)5(4-13-16)3-12-9(18)6-2-7(17)15-10(19)14-6/h2,4H,3,11H2,1H3,(H,12,18)(H2,14,15,17,19). The van der Waals surface area contributed by atoms with Crippen LogP contribution in [0, 0.1) is 0 Å². The van der Waals surface area contributed by atoms with Gasteiger partial charge in [0.25, 0.3) is 11.5 Å². The highest BCUT2D eigenvalue weighted by atomic mass is 16.2. The Morgan fingerprint density at radius 1 is 1.47 bits per heavy atom. The molecule has 2 aromatic heterocycles. The Labute approximate surface area is 106 Å². The molecule has 2 rings (SSSR count). The van der Waals surface area contributed by atoms with Crippen LogP contribution in [0.4, 0.5) is 5.82 Å². The Morgan fingerprint density at radius 2 is 2.21 bits per heavy atom. The number of nitrogens with two attached hydrogens (primary N) is 1. The smallest absolute Gasteiger partial charge is 0.326 e. The van der Waals surface area contributed by atoms with Gasteiger partial charge >= 0.3 is 5.69 Å². The number of carbonyl (C=O) groups is 1. The van der Waals surface area contributed by atoms with Crippen molar-refractivity contribution in [2.45, 2.75) is 6.54 Å². The fraction of sp³-hybridized carbons (Fsp3) is 0.200. The Hall–Kier alpha value is -2.84. The Morgan fingerprint density at radius 3 is 2.79 bits per heavy atom. The predicted octanol–water partition coefficient (Wildman–Crippen LogP) is -1.69. The summed E-state index contributed by atoms with van der Waals surface area (Å²) in [7, 11) is 1.68. The molecule has 9 heteroatoms. The number of aromatic nitrogens is 4. The van der Waals surface area contributed by atoms with Gasteiger partial charge in [-0.15, -0.1) is 0 Å². The second-order valence-electron chi connectivity index (χ2n) is 3.86. The lowest BCUT2D eigenvalue weighted by Crippen LogP contribution is -2.30. The van der Waals surface area contributed by atoms with Gasteiger partial charge in [-0.25, -0.2) is 4.79 Å². The number of hydrogen-bond acceptors (Lipinski definition) is 5. The molecular formula is C10H12N6O3. The first-order valence-corrected chi connectivity index (χ1v) is 5.35. The van der Waals surface area contributed by atoms with Crippen molar-refractivity contribution < 1.29 is 4.79 Å². The van der Waals surface area contributed by atoms with Crippen LogP contribution in [0.1, 0.15) is 16.1 Å². The molecule has 2 aromatic rings. The number of nitrogen functional groups attached to an aromatic ring is 1. The molecule has 0 radical (unpaired) electrons. The number of aromatic amines is 2. The molecular weight excluding hydrogens is 252 g/mol. The third-order valence-corrected chi connectivity index (χ3v) is 2.51. The van der Waals surface area contributed by atoms with Crippen LogP contribution in [0.15, 0.2) is 21.9 Å². The van der Waals surface area contributed by atoms with Gasteiger partial charge in [0.15, 0.2) is 0 Å². The van der Waals surface area contributed by atoms with E-state index in [4.69, 9.17) is 5.73 Å². The average molecular weight is 264 g/mol. The summed E-state index contributed by atoms with van der Waals surface area (Å²) in [5.74, 6) is -0.147. The Bertz CT molecular complexity index is 697. The zero-order chi connectivity index (χ0) is 14.0. The summed E-state index contributed by atoms with van der Waals surface area (Å²) in [4.78, 5) is 38.0. The fourth-order valence-electron chi connectivity index (χ4n) is 1.49. The lowest BCUT2D eigenvalue weighted by atomic mass is 10.3. The third-order valence-electron chi connectivity index (χ3n) is 2.51. The zero-order valence-electron chi connectivity index (χ0n) is 10.1. The van der Waals surface area contributed by atoms with Crippen molar-refractivity contribution in [1.29, 1.82) is 0 Å². The van der Waals surface area contributed by atoms with E-state index < -0.39 is 17.2 Å². The minimum Gasteiger partial charge on any atom is -0.384 e. The van der Waals surface area contributed by atoms with E-state index in [0.717, 1.165) is 6.07 Å². The van der Waals surface area contributed by atoms with E-state index in [1.807, 2.05) is 4.98 Å². The summed E-state index contributed by atoms with van der Waals surface area (Å²) < 4.78 is 1.47. The first-order valence-electron chi connectivity index (χ1n) is 5.35. The van der Waals surface area contributed by atoms with Gasteiger partial charge in [-0.1, -0.05) is 0 Å². The van der Waals surface area contributed by atoms with Gasteiger partial charge in [0.2, 0.25) is 0 Å². The molecule has 0 spiro atoms. The van der Waals surface area contributed by atoms with Crippen molar-refractivity contribution >= 4 is 11.7 Å². The van der Waals surface area contributed by atoms with E-state index in [9.17, 15) is 14.4 Å².